The number of carbonyl (C=O) groups excluding carboxylic acids is 1. The van der Waals surface area contributed by atoms with Gasteiger partial charge < -0.3 is 4.74 Å². The average Bonchev–Trinajstić information content (AvgIpc) is 2.24. The van der Waals surface area contributed by atoms with Gasteiger partial charge in [0.25, 0.3) is 0 Å². The Kier molecular flexibility index (Phi) is 6.21. The highest BCUT2D eigenvalue weighted by Crippen LogP contribution is 2.21. The van der Waals surface area contributed by atoms with Gasteiger partial charge in [-0.25, -0.2) is 4.79 Å². The maximum Gasteiger partial charge on any atom is 0.339 e. The molecule has 0 aliphatic carbocycles. The van der Waals surface area contributed by atoms with Crippen molar-refractivity contribution >= 4 is 21.9 Å². The lowest BCUT2D eigenvalue weighted by Gasteiger charge is -2.03. The predicted molar refractivity (Wildman–Crippen MR) is 61.6 cm³/mol. The zero-order valence-electron chi connectivity index (χ0n) is 8.93. The Balaban J connectivity index is 0.000000791. The zero-order chi connectivity index (χ0) is 11.1. The third-order valence-corrected chi connectivity index (χ3v) is 2.65. The molecule has 0 unspecified atom stereocenters. The molecule has 0 aromatic heterocycles. The number of benzene rings is 1. The van der Waals surface area contributed by atoms with Gasteiger partial charge >= 0.3 is 5.97 Å². The van der Waals surface area contributed by atoms with Crippen molar-refractivity contribution in [1.29, 1.82) is 0 Å². The van der Waals surface area contributed by atoms with Crippen LogP contribution in [-0.4, -0.2) is 13.1 Å². The standard InChI is InChI=1S/C9H9BrO2.C2H6/c1-6-4-3-5-7(8(6)10)9(11)12-2;1-2/h3-5H,1-2H3;1-2H3. The van der Waals surface area contributed by atoms with Crippen LogP contribution in [0.4, 0.5) is 0 Å². The van der Waals surface area contributed by atoms with E-state index in [9.17, 15) is 4.79 Å². The van der Waals surface area contributed by atoms with E-state index < -0.39 is 0 Å². The molecule has 0 aliphatic rings. The molecule has 1 rings (SSSR count). The molecular weight excluding hydrogens is 244 g/mol. The van der Waals surface area contributed by atoms with E-state index in [1.54, 1.807) is 6.07 Å². The summed E-state index contributed by atoms with van der Waals surface area (Å²) in [7, 11) is 1.37. The van der Waals surface area contributed by atoms with Gasteiger partial charge in [0.2, 0.25) is 0 Å². The third kappa shape index (κ3) is 3.14. The van der Waals surface area contributed by atoms with Crippen LogP contribution in [0.25, 0.3) is 0 Å². The molecular formula is C11H15BrO2. The molecule has 3 heteroatoms. The van der Waals surface area contributed by atoms with Gasteiger partial charge in [-0.2, -0.15) is 0 Å². The molecule has 0 fully saturated rings. The monoisotopic (exact) mass is 258 g/mol. The summed E-state index contributed by atoms with van der Waals surface area (Å²) in [6, 6.07) is 5.48. The maximum atomic E-state index is 11.1. The highest BCUT2D eigenvalue weighted by atomic mass is 79.9. The molecule has 0 saturated heterocycles. The fourth-order valence-corrected chi connectivity index (χ4v) is 1.34. The first-order valence-electron chi connectivity index (χ1n) is 4.50. The van der Waals surface area contributed by atoms with E-state index in [1.165, 1.54) is 7.11 Å². The van der Waals surface area contributed by atoms with Crippen molar-refractivity contribution in [3.8, 4) is 0 Å². The van der Waals surface area contributed by atoms with Crippen molar-refractivity contribution in [3.05, 3.63) is 33.8 Å². The summed E-state index contributed by atoms with van der Waals surface area (Å²) in [6.45, 7) is 5.93. The van der Waals surface area contributed by atoms with Crippen LogP contribution < -0.4 is 0 Å². The minimum atomic E-state index is -0.314. The van der Waals surface area contributed by atoms with E-state index in [4.69, 9.17) is 0 Å². The van der Waals surface area contributed by atoms with E-state index in [1.807, 2.05) is 32.9 Å². The molecule has 0 atom stereocenters. The summed E-state index contributed by atoms with van der Waals surface area (Å²) in [4.78, 5) is 11.1. The Labute approximate surface area is 93.4 Å². The van der Waals surface area contributed by atoms with Crippen LogP contribution in [0, 0.1) is 6.92 Å². The van der Waals surface area contributed by atoms with Gasteiger partial charge in [0.15, 0.2) is 0 Å². The molecule has 0 aliphatic heterocycles. The van der Waals surface area contributed by atoms with Gasteiger partial charge in [0.05, 0.1) is 12.7 Å². The van der Waals surface area contributed by atoms with Crippen molar-refractivity contribution in [2.75, 3.05) is 7.11 Å². The molecule has 0 N–H and O–H groups in total. The molecule has 14 heavy (non-hydrogen) atoms. The topological polar surface area (TPSA) is 26.3 Å². The summed E-state index contributed by atoms with van der Waals surface area (Å²) in [5, 5.41) is 0. The summed E-state index contributed by atoms with van der Waals surface area (Å²) in [5.41, 5.74) is 1.59. The molecule has 78 valence electrons. The summed E-state index contributed by atoms with van der Waals surface area (Å²) in [5.74, 6) is -0.314. The van der Waals surface area contributed by atoms with Crippen LogP contribution in [0.3, 0.4) is 0 Å². The molecule has 0 spiro atoms. The van der Waals surface area contributed by atoms with E-state index >= 15 is 0 Å². The second-order valence-corrected chi connectivity index (χ2v) is 3.22. The number of esters is 1. The number of carbonyl (C=O) groups is 1. The average molecular weight is 259 g/mol. The Morgan fingerprint density at radius 2 is 1.93 bits per heavy atom. The van der Waals surface area contributed by atoms with Gasteiger partial charge in [-0.1, -0.05) is 26.0 Å². The van der Waals surface area contributed by atoms with Gasteiger partial charge in [-0.05, 0) is 34.5 Å². The first-order chi connectivity index (χ1) is 6.66. The number of aryl methyl sites for hydroxylation is 1. The molecule has 0 heterocycles. The fourth-order valence-electron chi connectivity index (χ4n) is 0.915. The lowest BCUT2D eigenvalue weighted by Crippen LogP contribution is -2.02. The van der Waals surface area contributed by atoms with Gasteiger partial charge in [0, 0.05) is 4.47 Å². The van der Waals surface area contributed by atoms with E-state index in [0.29, 0.717) is 5.56 Å². The number of ether oxygens (including phenoxy) is 1. The van der Waals surface area contributed by atoms with Crippen molar-refractivity contribution in [2.45, 2.75) is 20.8 Å². The van der Waals surface area contributed by atoms with Crippen LogP contribution in [0.1, 0.15) is 29.8 Å². The zero-order valence-corrected chi connectivity index (χ0v) is 10.5. The minimum absolute atomic E-state index is 0.314. The predicted octanol–water partition coefficient (Wildman–Crippen LogP) is 3.57. The fraction of sp³-hybridized carbons (Fsp3) is 0.364. The van der Waals surface area contributed by atoms with Crippen LogP contribution in [0.2, 0.25) is 0 Å². The quantitative estimate of drug-likeness (QED) is 0.720. The molecule has 2 nitrogen and oxygen atoms in total. The van der Waals surface area contributed by atoms with Crippen LogP contribution in [-0.2, 0) is 4.74 Å². The molecule has 1 aromatic rings. The first-order valence-corrected chi connectivity index (χ1v) is 5.29. The van der Waals surface area contributed by atoms with Crippen molar-refractivity contribution in [3.63, 3.8) is 0 Å². The largest absolute Gasteiger partial charge is 0.465 e. The first kappa shape index (κ1) is 13.2. The van der Waals surface area contributed by atoms with Crippen LogP contribution >= 0.6 is 15.9 Å². The number of rotatable bonds is 1. The molecule has 1 aromatic carbocycles. The molecule has 0 amide bonds. The molecule has 0 radical (unpaired) electrons. The minimum Gasteiger partial charge on any atom is -0.465 e. The normalized spacial score (nSPS) is 8.64. The van der Waals surface area contributed by atoms with Crippen molar-refractivity contribution in [2.24, 2.45) is 0 Å². The highest BCUT2D eigenvalue weighted by Gasteiger charge is 2.10. The van der Waals surface area contributed by atoms with Crippen LogP contribution in [0.15, 0.2) is 22.7 Å². The van der Waals surface area contributed by atoms with Crippen LogP contribution in [0.5, 0.6) is 0 Å². The second-order valence-electron chi connectivity index (χ2n) is 2.43. The number of halogens is 1. The lowest BCUT2D eigenvalue weighted by atomic mass is 10.1. The Hall–Kier alpha value is -0.830. The smallest absolute Gasteiger partial charge is 0.339 e. The Morgan fingerprint density at radius 3 is 2.43 bits per heavy atom. The van der Waals surface area contributed by atoms with Gasteiger partial charge in [0.1, 0.15) is 0 Å². The Morgan fingerprint density at radius 1 is 1.36 bits per heavy atom. The number of hydrogen-bond donors (Lipinski definition) is 0. The highest BCUT2D eigenvalue weighted by molar-refractivity contribution is 9.10. The summed E-state index contributed by atoms with van der Waals surface area (Å²) >= 11 is 3.32. The lowest BCUT2D eigenvalue weighted by molar-refractivity contribution is 0.0599. The van der Waals surface area contributed by atoms with Gasteiger partial charge in [-0.3, -0.25) is 0 Å². The molecule has 0 saturated carbocycles. The second kappa shape index (κ2) is 6.60. The molecule has 0 bridgehead atoms. The van der Waals surface area contributed by atoms with E-state index in [2.05, 4.69) is 20.7 Å². The van der Waals surface area contributed by atoms with Gasteiger partial charge in [-0.15, -0.1) is 0 Å². The van der Waals surface area contributed by atoms with E-state index in [-0.39, 0.29) is 5.97 Å². The number of hydrogen-bond acceptors (Lipinski definition) is 2. The summed E-state index contributed by atoms with van der Waals surface area (Å²) < 4.78 is 5.41. The third-order valence-electron chi connectivity index (χ3n) is 1.60. The number of methoxy groups -OCH3 is 1. The Bertz CT molecular complexity index is 308. The van der Waals surface area contributed by atoms with Crippen molar-refractivity contribution < 1.29 is 9.53 Å². The summed E-state index contributed by atoms with van der Waals surface area (Å²) in [6.07, 6.45) is 0. The SMILES string of the molecule is CC.COC(=O)c1cccc(C)c1Br. The van der Waals surface area contributed by atoms with Crippen molar-refractivity contribution in [1.82, 2.24) is 0 Å². The maximum absolute atomic E-state index is 11.1. The van der Waals surface area contributed by atoms with E-state index in [0.717, 1.165) is 10.0 Å².